The molecule has 0 N–H and O–H groups in total. The van der Waals surface area contributed by atoms with E-state index in [1.54, 1.807) is 0 Å². The fourth-order valence-corrected chi connectivity index (χ4v) is 1.19. The summed E-state index contributed by atoms with van der Waals surface area (Å²) in [5, 5.41) is 0. The van der Waals surface area contributed by atoms with E-state index in [1.165, 1.54) is 25.5 Å². The third kappa shape index (κ3) is 1.08. The highest BCUT2D eigenvalue weighted by molar-refractivity contribution is 6.64. The fraction of sp³-hybridized carbons (Fsp3) is 0.667. The van der Waals surface area contributed by atoms with Gasteiger partial charge in [0.05, 0.1) is 0 Å². The standard InChI is InChI=1S/C6H11B/c1-2-7-5-3-4-6-7/h2H,1,3-6H2. The maximum atomic E-state index is 3.74. The summed E-state index contributed by atoms with van der Waals surface area (Å²) in [5.41, 5.74) is 0. The molecule has 1 fully saturated rings. The molecule has 7 heavy (non-hydrogen) atoms. The van der Waals surface area contributed by atoms with Crippen LogP contribution in [0.1, 0.15) is 12.8 Å². The van der Waals surface area contributed by atoms with Gasteiger partial charge in [-0.05, 0) is 0 Å². The van der Waals surface area contributed by atoms with Crippen LogP contribution in [0.25, 0.3) is 0 Å². The van der Waals surface area contributed by atoms with Crippen molar-refractivity contribution in [1.29, 1.82) is 0 Å². The lowest BCUT2D eigenvalue weighted by Gasteiger charge is -1.88. The molecule has 1 heteroatoms. The second-order valence-corrected chi connectivity index (χ2v) is 2.28. The van der Waals surface area contributed by atoms with Gasteiger partial charge in [0, 0.05) is 0 Å². The molecular weight excluding hydrogens is 82.9 g/mol. The van der Waals surface area contributed by atoms with Crippen molar-refractivity contribution in [3.63, 3.8) is 0 Å². The minimum Gasteiger partial charge on any atom is -0.122 e. The van der Waals surface area contributed by atoms with Gasteiger partial charge >= 0.3 is 0 Å². The summed E-state index contributed by atoms with van der Waals surface area (Å²) in [6.45, 7) is 4.60. The maximum Gasteiger partial charge on any atom is 0.165 e. The van der Waals surface area contributed by atoms with E-state index in [0.29, 0.717) is 0 Å². The third-order valence-electron chi connectivity index (χ3n) is 1.73. The van der Waals surface area contributed by atoms with Gasteiger partial charge in [-0.2, -0.15) is 0 Å². The SMILES string of the molecule is C=CB1CCCC1. The van der Waals surface area contributed by atoms with Gasteiger partial charge in [0.25, 0.3) is 0 Å². The van der Waals surface area contributed by atoms with Gasteiger partial charge in [0.15, 0.2) is 6.71 Å². The topological polar surface area (TPSA) is 0 Å². The molecule has 0 unspecified atom stereocenters. The van der Waals surface area contributed by atoms with E-state index in [2.05, 4.69) is 12.6 Å². The number of hydrogen-bond donors (Lipinski definition) is 0. The lowest BCUT2D eigenvalue weighted by molar-refractivity contribution is 0.935. The molecule has 1 saturated heterocycles. The third-order valence-corrected chi connectivity index (χ3v) is 1.73. The molecule has 0 amide bonds. The van der Waals surface area contributed by atoms with Gasteiger partial charge in [-0.3, -0.25) is 0 Å². The zero-order chi connectivity index (χ0) is 5.11. The van der Waals surface area contributed by atoms with Crippen LogP contribution in [0.5, 0.6) is 0 Å². The van der Waals surface area contributed by atoms with Crippen LogP contribution < -0.4 is 0 Å². The average Bonchev–Trinajstić information content (AvgIpc) is 2.14. The van der Waals surface area contributed by atoms with Gasteiger partial charge in [-0.15, -0.1) is 12.6 Å². The summed E-state index contributed by atoms with van der Waals surface area (Å²) in [4.78, 5) is 0. The highest BCUT2D eigenvalue weighted by Crippen LogP contribution is 2.18. The summed E-state index contributed by atoms with van der Waals surface area (Å²) in [5.74, 6) is 2.09. The largest absolute Gasteiger partial charge is 0.165 e. The summed E-state index contributed by atoms with van der Waals surface area (Å²) >= 11 is 0. The van der Waals surface area contributed by atoms with Gasteiger partial charge in [0.1, 0.15) is 0 Å². The molecule has 38 valence electrons. The minimum atomic E-state index is 0.861. The Hall–Kier alpha value is -0.195. The first kappa shape index (κ1) is 4.95. The monoisotopic (exact) mass is 94.1 g/mol. The summed E-state index contributed by atoms with van der Waals surface area (Å²) in [7, 11) is 0. The molecule has 0 aromatic rings. The summed E-state index contributed by atoms with van der Waals surface area (Å²) < 4.78 is 0. The molecule has 0 saturated carbocycles. The van der Waals surface area contributed by atoms with Crippen LogP contribution in [0.2, 0.25) is 12.6 Å². The first-order valence-electron chi connectivity index (χ1n) is 3.06. The van der Waals surface area contributed by atoms with E-state index in [-0.39, 0.29) is 0 Å². The van der Waals surface area contributed by atoms with Gasteiger partial charge < -0.3 is 0 Å². The molecule has 0 atom stereocenters. The molecule has 0 spiro atoms. The Bertz CT molecular complexity index is 62.6. The van der Waals surface area contributed by atoms with Crippen LogP contribution >= 0.6 is 0 Å². The Balaban J connectivity index is 2.26. The predicted molar refractivity (Wildman–Crippen MR) is 34.8 cm³/mol. The highest BCUT2D eigenvalue weighted by atomic mass is 13.9. The quantitative estimate of drug-likeness (QED) is 0.436. The molecule has 1 aliphatic rings. The molecule has 0 aromatic carbocycles. The van der Waals surface area contributed by atoms with Crippen LogP contribution in [0, 0.1) is 0 Å². The van der Waals surface area contributed by atoms with Crippen molar-refractivity contribution < 1.29 is 0 Å². The Labute approximate surface area is 45.7 Å². The van der Waals surface area contributed by atoms with Gasteiger partial charge in [0.2, 0.25) is 0 Å². The lowest BCUT2D eigenvalue weighted by atomic mass is 9.49. The van der Waals surface area contributed by atoms with Crippen molar-refractivity contribution >= 4 is 6.71 Å². The van der Waals surface area contributed by atoms with E-state index in [9.17, 15) is 0 Å². The first-order chi connectivity index (χ1) is 3.43. The minimum absolute atomic E-state index is 0.861. The van der Waals surface area contributed by atoms with Crippen molar-refractivity contribution in [2.45, 2.75) is 25.5 Å². The zero-order valence-electron chi connectivity index (χ0n) is 4.69. The lowest BCUT2D eigenvalue weighted by Crippen LogP contribution is -1.98. The van der Waals surface area contributed by atoms with E-state index in [4.69, 9.17) is 0 Å². The van der Waals surface area contributed by atoms with Crippen LogP contribution in [0.4, 0.5) is 0 Å². The van der Waals surface area contributed by atoms with Gasteiger partial charge in [-0.1, -0.05) is 25.5 Å². The normalized spacial score (nSPS) is 20.3. The molecule has 1 aliphatic heterocycles. The molecule has 1 rings (SSSR count). The van der Waals surface area contributed by atoms with Gasteiger partial charge in [-0.25, -0.2) is 0 Å². The number of hydrogen-bond acceptors (Lipinski definition) is 0. The average molecular weight is 94.0 g/mol. The molecule has 0 radical (unpaired) electrons. The summed E-state index contributed by atoms with van der Waals surface area (Å²) in [6.07, 6.45) is 5.64. The molecule has 1 heterocycles. The van der Waals surface area contributed by atoms with E-state index in [0.717, 1.165) is 6.71 Å². The number of rotatable bonds is 1. The van der Waals surface area contributed by atoms with E-state index >= 15 is 0 Å². The van der Waals surface area contributed by atoms with Crippen LogP contribution in [0.3, 0.4) is 0 Å². The van der Waals surface area contributed by atoms with Crippen molar-refractivity contribution in [2.75, 3.05) is 0 Å². The molecule has 0 aliphatic carbocycles. The molecule has 0 aromatic heterocycles. The fourth-order valence-electron chi connectivity index (χ4n) is 1.19. The van der Waals surface area contributed by atoms with E-state index in [1.807, 2.05) is 0 Å². The predicted octanol–water partition coefficient (Wildman–Crippen LogP) is 2.00. The Morgan fingerprint density at radius 3 is 2.14 bits per heavy atom. The first-order valence-corrected chi connectivity index (χ1v) is 3.06. The van der Waals surface area contributed by atoms with Crippen molar-refractivity contribution in [1.82, 2.24) is 0 Å². The molecule has 0 bridgehead atoms. The molecule has 0 nitrogen and oxygen atoms in total. The second kappa shape index (κ2) is 2.20. The maximum absolute atomic E-state index is 3.74. The Kier molecular flexibility index (Phi) is 1.56. The van der Waals surface area contributed by atoms with E-state index < -0.39 is 0 Å². The highest BCUT2D eigenvalue weighted by Gasteiger charge is 2.13. The van der Waals surface area contributed by atoms with Crippen molar-refractivity contribution in [3.8, 4) is 0 Å². The van der Waals surface area contributed by atoms with Crippen molar-refractivity contribution in [3.05, 3.63) is 12.6 Å². The molecular formula is C6H11B. The Morgan fingerprint density at radius 1 is 1.29 bits per heavy atom. The smallest absolute Gasteiger partial charge is 0.122 e. The Morgan fingerprint density at radius 2 is 1.86 bits per heavy atom. The zero-order valence-corrected chi connectivity index (χ0v) is 4.69. The summed E-state index contributed by atoms with van der Waals surface area (Å²) in [6, 6.07) is 0. The van der Waals surface area contributed by atoms with Crippen LogP contribution in [-0.2, 0) is 0 Å². The van der Waals surface area contributed by atoms with Crippen LogP contribution in [-0.4, -0.2) is 6.71 Å². The second-order valence-electron chi connectivity index (χ2n) is 2.28. The van der Waals surface area contributed by atoms with Crippen LogP contribution in [0.15, 0.2) is 12.6 Å². The van der Waals surface area contributed by atoms with Crippen molar-refractivity contribution in [2.24, 2.45) is 0 Å².